The van der Waals surface area contributed by atoms with Crippen molar-refractivity contribution in [1.82, 2.24) is 10.2 Å². The molecule has 0 saturated carbocycles. The molecule has 0 radical (unpaired) electrons. The largest absolute Gasteiger partial charge is 0.324 e. The van der Waals surface area contributed by atoms with Crippen LogP contribution in [-0.4, -0.2) is 35.8 Å². The molecule has 15 heavy (non-hydrogen) atoms. The predicted molar refractivity (Wildman–Crippen MR) is 58.8 cm³/mol. The molecule has 0 aromatic heterocycles. The van der Waals surface area contributed by atoms with Gasteiger partial charge in [0.05, 0.1) is 0 Å². The maximum Gasteiger partial charge on any atom is 0.324 e. The number of imide groups is 1. The standard InChI is InChI=1S/C10H17ClN2O2/c1-2-3-8-4-5-13(7-8)10(15)12-9(14)6-11/h8H,2-7H2,1H3,(H,12,14,15). The van der Waals surface area contributed by atoms with Gasteiger partial charge in [0, 0.05) is 13.1 Å². The molecule has 1 unspecified atom stereocenters. The van der Waals surface area contributed by atoms with Gasteiger partial charge in [0.1, 0.15) is 5.88 Å². The number of hydrogen-bond acceptors (Lipinski definition) is 2. The number of nitrogens with zero attached hydrogens (tertiary/aromatic N) is 1. The van der Waals surface area contributed by atoms with E-state index in [1.807, 2.05) is 0 Å². The first kappa shape index (κ1) is 12.3. The summed E-state index contributed by atoms with van der Waals surface area (Å²) in [6, 6.07) is -0.306. The average molecular weight is 233 g/mol. The van der Waals surface area contributed by atoms with E-state index >= 15 is 0 Å². The van der Waals surface area contributed by atoms with Crippen LogP contribution in [0.2, 0.25) is 0 Å². The van der Waals surface area contributed by atoms with Gasteiger partial charge in [0.2, 0.25) is 5.91 Å². The van der Waals surface area contributed by atoms with E-state index in [4.69, 9.17) is 11.6 Å². The number of amides is 3. The molecule has 1 rings (SSSR count). The first-order chi connectivity index (χ1) is 7.17. The number of nitrogens with one attached hydrogen (secondary N) is 1. The molecule has 1 fully saturated rings. The van der Waals surface area contributed by atoms with E-state index in [0.29, 0.717) is 5.92 Å². The second-order valence-corrected chi connectivity index (χ2v) is 4.14. The van der Waals surface area contributed by atoms with Gasteiger partial charge in [-0.15, -0.1) is 11.6 Å². The topological polar surface area (TPSA) is 49.4 Å². The molecule has 0 aliphatic carbocycles. The van der Waals surface area contributed by atoms with Crippen molar-refractivity contribution in [3.8, 4) is 0 Å². The zero-order chi connectivity index (χ0) is 11.3. The second-order valence-electron chi connectivity index (χ2n) is 3.88. The predicted octanol–water partition coefficient (Wildman–Crippen LogP) is 1.58. The van der Waals surface area contributed by atoms with E-state index in [1.165, 1.54) is 0 Å². The molecular formula is C10H17ClN2O2. The summed E-state index contributed by atoms with van der Waals surface area (Å²) in [4.78, 5) is 24.1. The minimum Gasteiger partial charge on any atom is -0.324 e. The third-order valence-electron chi connectivity index (χ3n) is 2.64. The number of carbonyl (C=O) groups excluding carboxylic acids is 2. The van der Waals surface area contributed by atoms with Crippen molar-refractivity contribution in [2.24, 2.45) is 5.92 Å². The number of hydrogen-bond donors (Lipinski definition) is 1. The second kappa shape index (κ2) is 5.95. The molecule has 1 atom stereocenters. The lowest BCUT2D eigenvalue weighted by Gasteiger charge is -2.16. The third-order valence-corrected chi connectivity index (χ3v) is 2.88. The summed E-state index contributed by atoms with van der Waals surface area (Å²) in [7, 11) is 0. The Kier molecular flexibility index (Phi) is 4.88. The van der Waals surface area contributed by atoms with Crippen molar-refractivity contribution in [1.29, 1.82) is 0 Å². The van der Waals surface area contributed by atoms with Gasteiger partial charge in [0.25, 0.3) is 0 Å². The van der Waals surface area contributed by atoms with E-state index < -0.39 is 5.91 Å². The fourth-order valence-electron chi connectivity index (χ4n) is 1.89. The number of rotatable bonds is 3. The van der Waals surface area contributed by atoms with Gasteiger partial charge < -0.3 is 4.90 Å². The van der Waals surface area contributed by atoms with E-state index in [2.05, 4.69) is 12.2 Å². The Hall–Kier alpha value is -0.770. The van der Waals surface area contributed by atoms with Gasteiger partial charge in [-0.2, -0.15) is 0 Å². The van der Waals surface area contributed by atoms with Gasteiger partial charge in [-0.1, -0.05) is 13.3 Å². The number of urea groups is 1. The molecule has 0 aromatic carbocycles. The first-order valence-electron chi connectivity index (χ1n) is 5.32. The Labute approximate surface area is 95.0 Å². The average Bonchev–Trinajstić information content (AvgIpc) is 2.67. The summed E-state index contributed by atoms with van der Waals surface area (Å²) in [5, 5.41) is 2.25. The zero-order valence-electron chi connectivity index (χ0n) is 8.96. The van der Waals surface area contributed by atoms with Crippen molar-refractivity contribution in [2.45, 2.75) is 26.2 Å². The van der Waals surface area contributed by atoms with E-state index in [1.54, 1.807) is 4.90 Å². The first-order valence-corrected chi connectivity index (χ1v) is 5.85. The highest BCUT2D eigenvalue weighted by molar-refractivity contribution is 6.28. The summed E-state index contributed by atoms with van der Waals surface area (Å²) in [6.45, 7) is 3.64. The quantitative estimate of drug-likeness (QED) is 0.752. The van der Waals surface area contributed by atoms with Crippen molar-refractivity contribution in [3.05, 3.63) is 0 Å². The van der Waals surface area contributed by atoms with Gasteiger partial charge in [0.15, 0.2) is 0 Å². The summed E-state index contributed by atoms with van der Waals surface area (Å²) >= 11 is 5.30. The monoisotopic (exact) mass is 232 g/mol. The Morgan fingerprint density at radius 2 is 2.27 bits per heavy atom. The highest BCUT2D eigenvalue weighted by Crippen LogP contribution is 2.20. The van der Waals surface area contributed by atoms with Gasteiger partial charge >= 0.3 is 6.03 Å². The Morgan fingerprint density at radius 1 is 1.53 bits per heavy atom. The SMILES string of the molecule is CCCC1CCN(C(=O)NC(=O)CCl)C1. The van der Waals surface area contributed by atoms with Crippen LogP contribution in [0.5, 0.6) is 0 Å². The summed E-state index contributed by atoms with van der Waals surface area (Å²) in [5.41, 5.74) is 0. The smallest absolute Gasteiger partial charge is 0.324 e. The number of carbonyl (C=O) groups is 2. The van der Waals surface area contributed by atoms with Crippen LogP contribution in [0.1, 0.15) is 26.2 Å². The number of likely N-dealkylation sites (tertiary alicyclic amines) is 1. The molecule has 1 aliphatic heterocycles. The molecule has 0 spiro atoms. The molecule has 1 heterocycles. The Balaban J connectivity index is 2.33. The van der Waals surface area contributed by atoms with Crippen LogP contribution in [0.4, 0.5) is 4.79 Å². The van der Waals surface area contributed by atoms with Gasteiger partial charge in [-0.25, -0.2) is 4.79 Å². The number of alkyl halides is 1. The van der Waals surface area contributed by atoms with E-state index in [-0.39, 0.29) is 11.9 Å². The molecule has 4 nitrogen and oxygen atoms in total. The van der Waals surface area contributed by atoms with Crippen LogP contribution in [-0.2, 0) is 4.79 Å². The van der Waals surface area contributed by atoms with Gasteiger partial charge in [-0.3, -0.25) is 10.1 Å². The van der Waals surface area contributed by atoms with Crippen molar-refractivity contribution >= 4 is 23.5 Å². The van der Waals surface area contributed by atoms with Crippen LogP contribution >= 0.6 is 11.6 Å². The highest BCUT2D eigenvalue weighted by atomic mass is 35.5. The summed E-state index contributed by atoms with van der Waals surface area (Å²) in [6.07, 6.45) is 3.32. The minimum atomic E-state index is -0.430. The molecule has 3 amide bonds. The fourth-order valence-corrected chi connectivity index (χ4v) is 1.96. The van der Waals surface area contributed by atoms with Crippen LogP contribution in [0.3, 0.4) is 0 Å². The summed E-state index contributed by atoms with van der Waals surface area (Å²) < 4.78 is 0. The molecular weight excluding hydrogens is 216 g/mol. The normalized spacial score (nSPS) is 20.4. The third kappa shape index (κ3) is 3.70. The molecule has 5 heteroatoms. The van der Waals surface area contributed by atoms with E-state index in [0.717, 1.165) is 32.4 Å². The highest BCUT2D eigenvalue weighted by Gasteiger charge is 2.26. The van der Waals surface area contributed by atoms with Crippen LogP contribution in [0.25, 0.3) is 0 Å². The van der Waals surface area contributed by atoms with Crippen LogP contribution in [0.15, 0.2) is 0 Å². The van der Waals surface area contributed by atoms with E-state index in [9.17, 15) is 9.59 Å². The lowest BCUT2D eigenvalue weighted by molar-refractivity contribution is -0.117. The molecule has 1 aliphatic rings. The fraction of sp³-hybridized carbons (Fsp3) is 0.800. The minimum absolute atomic E-state index is 0.169. The zero-order valence-corrected chi connectivity index (χ0v) is 9.72. The maximum absolute atomic E-state index is 11.5. The molecule has 1 saturated heterocycles. The lowest BCUT2D eigenvalue weighted by Crippen LogP contribution is -2.42. The molecule has 0 bridgehead atoms. The van der Waals surface area contributed by atoms with Gasteiger partial charge in [-0.05, 0) is 18.8 Å². The van der Waals surface area contributed by atoms with Crippen molar-refractivity contribution in [2.75, 3.05) is 19.0 Å². The maximum atomic E-state index is 11.5. The van der Waals surface area contributed by atoms with Crippen molar-refractivity contribution < 1.29 is 9.59 Å². The van der Waals surface area contributed by atoms with Crippen molar-refractivity contribution in [3.63, 3.8) is 0 Å². The Bertz CT molecular complexity index is 246. The lowest BCUT2D eigenvalue weighted by atomic mass is 10.0. The molecule has 1 N–H and O–H groups in total. The number of halogens is 1. The van der Waals surface area contributed by atoms with Crippen LogP contribution in [0, 0.1) is 5.92 Å². The molecule has 0 aromatic rings. The Morgan fingerprint density at radius 3 is 2.87 bits per heavy atom. The summed E-state index contributed by atoms with van der Waals surface area (Å²) in [5.74, 6) is -0.00900. The molecule has 86 valence electrons. The van der Waals surface area contributed by atoms with Crippen LogP contribution < -0.4 is 5.32 Å².